The van der Waals surface area contributed by atoms with E-state index in [9.17, 15) is 9.59 Å². The molecule has 2 N–H and O–H groups in total. The lowest BCUT2D eigenvalue weighted by Gasteiger charge is -2.41. The first kappa shape index (κ1) is 17.3. The zero-order valence-corrected chi connectivity index (χ0v) is 14.3. The Labute approximate surface area is 137 Å². The molecule has 1 fully saturated rings. The Balaban J connectivity index is 2.23. The van der Waals surface area contributed by atoms with E-state index in [1.165, 1.54) is 0 Å². The van der Waals surface area contributed by atoms with Crippen molar-refractivity contribution in [2.45, 2.75) is 25.9 Å². The van der Waals surface area contributed by atoms with Gasteiger partial charge in [-0.15, -0.1) is 0 Å². The molecule has 1 aromatic carbocycles. The van der Waals surface area contributed by atoms with Crippen molar-refractivity contribution in [3.8, 4) is 0 Å². The van der Waals surface area contributed by atoms with Crippen molar-refractivity contribution in [3.63, 3.8) is 0 Å². The van der Waals surface area contributed by atoms with E-state index in [1.807, 2.05) is 37.2 Å². The predicted molar refractivity (Wildman–Crippen MR) is 91.5 cm³/mol. The average molecular weight is 318 g/mol. The zero-order valence-electron chi connectivity index (χ0n) is 14.3. The number of primary amides is 1. The van der Waals surface area contributed by atoms with Gasteiger partial charge in [-0.25, -0.2) is 0 Å². The van der Waals surface area contributed by atoms with Crippen molar-refractivity contribution in [1.82, 2.24) is 9.80 Å². The third-order valence-corrected chi connectivity index (χ3v) is 4.34. The molecular formula is C17H26N4O2. The van der Waals surface area contributed by atoms with Gasteiger partial charge in [-0.2, -0.15) is 0 Å². The van der Waals surface area contributed by atoms with Gasteiger partial charge < -0.3 is 15.5 Å². The van der Waals surface area contributed by atoms with Crippen LogP contribution in [0.1, 0.15) is 24.2 Å². The molecule has 0 unspecified atom stereocenters. The molecule has 0 radical (unpaired) electrons. The summed E-state index contributed by atoms with van der Waals surface area (Å²) in [6.45, 7) is 5.91. The number of piperazine rings is 1. The topological polar surface area (TPSA) is 69.9 Å². The Hall–Kier alpha value is -2.08. The molecule has 2 amide bonds. The highest BCUT2D eigenvalue weighted by atomic mass is 16.2. The molecule has 2 rings (SSSR count). The first-order chi connectivity index (χ1) is 10.8. The van der Waals surface area contributed by atoms with Crippen LogP contribution in [0.5, 0.6) is 0 Å². The van der Waals surface area contributed by atoms with Crippen LogP contribution in [-0.2, 0) is 4.79 Å². The number of hydrogen-bond donors (Lipinski definition) is 1. The summed E-state index contributed by atoms with van der Waals surface area (Å²) in [4.78, 5) is 30.4. The van der Waals surface area contributed by atoms with Crippen LogP contribution in [0.3, 0.4) is 0 Å². The lowest BCUT2D eigenvalue weighted by atomic mass is 10.1. The highest BCUT2D eigenvalue weighted by Crippen LogP contribution is 2.19. The molecule has 0 bridgehead atoms. The van der Waals surface area contributed by atoms with Crippen LogP contribution in [-0.4, -0.2) is 67.4 Å². The number of carbonyl (C=O) groups excluding carboxylic acids is 2. The first-order valence-electron chi connectivity index (χ1n) is 7.93. The van der Waals surface area contributed by atoms with Crippen molar-refractivity contribution in [3.05, 3.63) is 29.8 Å². The lowest BCUT2D eigenvalue weighted by Crippen LogP contribution is -2.61. The molecule has 1 aromatic rings. The Kier molecular flexibility index (Phi) is 5.26. The summed E-state index contributed by atoms with van der Waals surface area (Å²) in [6, 6.07) is 7.16. The van der Waals surface area contributed by atoms with Crippen LogP contribution in [0.15, 0.2) is 24.3 Å². The third kappa shape index (κ3) is 3.82. The summed E-state index contributed by atoms with van der Waals surface area (Å²) in [6.07, 6.45) is 0. The summed E-state index contributed by atoms with van der Waals surface area (Å²) in [5, 5.41) is 0. The molecule has 1 saturated heterocycles. The normalized spacial score (nSPS) is 19.0. The SMILES string of the molecule is CC(C)N1CCN(C(=O)c2cccc(N(C)C)c2)[C@H](C(N)=O)C1. The molecule has 6 heteroatoms. The summed E-state index contributed by atoms with van der Waals surface area (Å²) in [5.74, 6) is -0.589. The van der Waals surface area contributed by atoms with Gasteiger partial charge in [0.1, 0.15) is 6.04 Å². The quantitative estimate of drug-likeness (QED) is 0.890. The maximum Gasteiger partial charge on any atom is 0.254 e. The Morgan fingerprint density at radius 1 is 1.26 bits per heavy atom. The van der Waals surface area contributed by atoms with Crippen LogP contribution >= 0.6 is 0 Å². The Morgan fingerprint density at radius 3 is 2.52 bits per heavy atom. The van der Waals surface area contributed by atoms with E-state index in [0.29, 0.717) is 24.7 Å². The molecule has 23 heavy (non-hydrogen) atoms. The van der Waals surface area contributed by atoms with Crippen molar-refractivity contribution in [2.24, 2.45) is 5.73 Å². The van der Waals surface area contributed by atoms with Gasteiger partial charge in [0.2, 0.25) is 5.91 Å². The summed E-state index contributed by atoms with van der Waals surface area (Å²) in [5.41, 5.74) is 7.08. The monoisotopic (exact) mass is 318 g/mol. The second-order valence-electron chi connectivity index (χ2n) is 6.45. The van der Waals surface area contributed by atoms with Crippen LogP contribution in [0.25, 0.3) is 0 Å². The number of rotatable bonds is 4. The number of nitrogens with two attached hydrogens (primary N) is 1. The van der Waals surface area contributed by atoms with Crippen molar-refractivity contribution < 1.29 is 9.59 Å². The smallest absolute Gasteiger partial charge is 0.254 e. The zero-order chi connectivity index (χ0) is 17.1. The van der Waals surface area contributed by atoms with E-state index < -0.39 is 11.9 Å². The minimum atomic E-state index is -0.582. The molecular weight excluding hydrogens is 292 g/mol. The second kappa shape index (κ2) is 7.00. The van der Waals surface area contributed by atoms with E-state index in [4.69, 9.17) is 5.73 Å². The number of amides is 2. The Morgan fingerprint density at radius 2 is 1.96 bits per heavy atom. The van der Waals surface area contributed by atoms with Gasteiger partial charge in [-0.3, -0.25) is 14.5 Å². The second-order valence-corrected chi connectivity index (χ2v) is 6.45. The lowest BCUT2D eigenvalue weighted by molar-refractivity contribution is -0.124. The van der Waals surface area contributed by atoms with E-state index in [2.05, 4.69) is 18.7 Å². The number of hydrogen-bond acceptors (Lipinski definition) is 4. The van der Waals surface area contributed by atoms with Crippen molar-refractivity contribution in [1.29, 1.82) is 0 Å². The number of benzene rings is 1. The molecule has 0 saturated carbocycles. The minimum absolute atomic E-state index is 0.138. The number of carbonyl (C=O) groups is 2. The highest BCUT2D eigenvalue weighted by Gasteiger charge is 2.35. The molecule has 1 atom stereocenters. The molecule has 1 aliphatic rings. The molecule has 0 spiro atoms. The van der Waals surface area contributed by atoms with Crippen LogP contribution < -0.4 is 10.6 Å². The predicted octanol–water partition coefficient (Wildman–Crippen LogP) is 0.773. The van der Waals surface area contributed by atoms with Gasteiger partial charge in [-0.1, -0.05) is 6.07 Å². The molecule has 1 heterocycles. The van der Waals surface area contributed by atoms with Crippen molar-refractivity contribution >= 4 is 17.5 Å². The fraction of sp³-hybridized carbons (Fsp3) is 0.529. The molecule has 1 aliphatic heterocycles. The van der Waals surface area contributed by atoms with E-state index >= 15 is 0 Å². The minimum Gasteiger partial charge on any atom is -0.378 e. The first-order valence-corrected chi connectivity index (χ1v) is 7.93. The maximum atomic E-state index is 12.8. The molecule has 6 nitrogen and oxygen atoms in total. The third-order valence-electron chi connectivity index (χ3n) is 4.34. The fourth-order valence-corrected chi connectivity index (χ4v) is 2.84. The van der Waals surface area contributed by atoms with E-state index in [1.54, 1.807) is 11.0 Å². The summed E-state index contributed by atoms with van der Waals surface area (Å²) < 4.78 is 0. The van der Waals surface area contributed by atoms with Crippen molar-refractivity contribution in [2.75, 3.05) is 38.6 Å². The van der Waals surface area contributed by atoms with Crippen LogP contribution in [0, 0.1) is 0 Å². The van der Waals surface area contributed by atoms with Gasteiger partial charge in [0.15, 0.2) is 0 Å². The van der Waals surface area contributed by atoms with Crippen LogP contribution in [0.4, 0.5) is 5.69 Å². The van der Waals surface area contributed by atoms with Gasteiger partial charge in [0.25, 0.3) is 5.91 Å². The van der Waals surface area contributed by atoms with Gasteiger partial charge in [-0.05, 0) is 32.0 Å². The number of anilines is 1. The highest BCUT2D eigenvalue weighted by molar-refractivity contribution is 5.98. The average Bonchev–Trinajstić information content (AvgIpc) is 2.53. The largest absolute Gasteiger partial charge is 0.378 e. The molecule has 0 aromatic heterocycles. The van der Waals surface area contributed by atoms with E-state index in [-0.39, 0.29) is 5.91 Å². The van der Waals surface area contributed by atoms with Gasteiger partial charge in [0.05, 0.1) is 0 Å². The Bertz CT molecular complexity index is 586. The fourth-order valence-electron chi connectivity index (χ4n) is 2.84. The molecule has 0 aliphatic carbocycles. The summed E-state index contributed by atoms with van der Waals surface area (Å²) >= 11 is 0. The standard InChI is InChI=1S/C17H26N4O2/c1-12(2)20-8-9-21(15(11-20)16(18)22)17(23)13-6-5-7-14(10-13)19(3)4/h5-7,10,12,15H,8-9,11H2,1-4H3,(H2,18,22)/t15-/m0/s1. The number of nitrogens with zero attached hydrogens (tertiary/aromatic N) is 3. The van der Waals surface area contributed by atoms with Gasteiger partial charge >= 0.3 is 0 Å². The maximum absolute atomic E-state index is 12.8. The van der Waals surface area contributed by atoms with Crippen LogP contribution in [0.2, 0.25) is 0 Å². The molecule has 126 valence electrons. The van der Waals surface area contributed by atoms with E-state index in [0.717, 1.165) is 12.2 Å². The van der Waals surface area contributed by atoms with Gasteiger partial charge in [0, 0.05) is 51.0 Å². The summed E-state index contributed by atoms with van der Waals surface area (Å²) in [7, 11) is 3.86.